The molecule has 0 aliphatic carbocycles. The lowest BCUT2D eigenvalue weighted by molar-refractivity contribution is -0.132. The Bertz CT molecular complexity index is 743. The zero-order valence-corrected chi connectivity index (χ0v) is 16.3. The van der Waals surface area contributed by atoms with Crippen molar-refractivity contribution in [1.29, 1.82) is 0 Å². The number of rotatable bonds is 6. The van der Waals surface area contributed by atoms with Crippen LogP contribution in [0.4, 0.5) is 0 Å². The Morgan fingerprint density at radius 3 is 2.77 bits per heavy atom. The summed E-state index contributed by atoms with van der Waals surface area (Å²) in [5.41, 5.74) is 0.910. The molecular weight excluding hydrogens is 350 g/mol. The summed E-state index contributed by atoms with van der Waals surface area (Å²) >= 11 is 1.44. The van der Waals surface area contributed by atoms with E-state index in [0.29, 0.717) is 5.16 Å². The lowest BCUT2D eigenvalue weighted by atomic mass is 10.3. The van der Waals surface area contributed by atoms with E-state index in [-0.39, 0.29) is 11.2 Å². The third kappa shape index (κ3) is 4.19. The Kier molecular flexibility index (Phi) is 6.16. The average molecular weight is 375 g/mol. The number of carbonyl (C=O) groups is 1. The number of ether oxygens (including phenoxy) is 1. The van der Waals surface area contributed by atoms with Crippen LogP contribution >= 0.6 is 11.8 Å². The standard InChI is InChI=1S/C18H25N5O2S/c1-4-21-8-10-22(11-9-21)17(24)14(2)26-18-20-19-13-23(18)15-6-5-7-16(12-15)25-3/h5-7,12-14H,4,8-11H2,1-3H3/t14-/m1/s1. The first kappa shape index (κ1) is 18.7. The molecule has 2 heterocycles. The number of benzene rings is 1. The van der Waals surface area contributed by atoms with Crippen LogP contribution in [0.2, 0.25) is 0 Å². The first-order chi connectivity index (χ1) is 12.6. The molecule has 1 aromatic carbocycles. The van der Waals surface area contributed by atoms with Crippen LogP contribution < -0.4 is 4.74 Å². The minimum Gasteiger partial charge on any atom is -0.497 e. The summed E-state index contributed by atoms with van der Waals surface area (Å²) in [5, 5.41) is 8.71. The SMILES string of the molecule is CCN1CCN(C(=O)[C@@H](C)Sc2nncn2-c2cccc(OC)c2)CC1. The molecule has 1 fully saturated rings. The molecule has 1 aliphatic heterocycles. The maximum Gasteiger partial charge on any atom is 0.235 e. The van der Waals surface area contributed by atoms with Crippen LogP contribution in [-0.4, -0.2) is 75.6 Å². The summed E-state index contributed by atoms with van der Waals surface area (Å²) in [6.45, 7) is 8.60. The molecular formula is C18H25N5O2S. The largest absolute Gasteiger partial charge is 0.497 e. The van der Waals surface area contributed by atoms with Crippen LogP contribution in [0.25, 0.3) is 5.69 Å². The van der Waals surface area contributed by atoms with Crippen molar-refractivity contribution in [2.24, 2.45) is 0 Å². The number of thioether (sulfide) groups is 1. The monoisotopic (exact) mass is 375 g/mol. The highest BCUT2D eigenvalue weighted by atomic mass is 32.2. The number of amides is 1. The fraction of sp³-hybridized carbons (Fsp3) is 0.500. The van der Waals surface area contributed by atoms with Crippen LogP contribution in [0.5, 0.6) is 5.75 Å². The molecule has 3 rings (SSSR count). The van der Waals surface area contributed by atoms with Gasteiger partial charge in [0.2, 0.25) is 5.91 Å². The maximum absolute atomic E-state index is 12.8. The molecule has 1 aromatic heterocycles. The Morgan fingerprint density at radius 1 is 1.31 bits per heavy atom. The number of aromatic nitrogens is 3. The summed E-state index contributed by atoms with van der Waals surface area (Å²) in [6, 6.07) is 7.70. The fourth-order valence-corrected chi connectivity index (χ4v) is 3.92. The molecule has 0 unspecified atom stereocenters. The van der Waals surface area contributed by atoms with Gasteiger partial charge in [-0.25, -0.2) is 0 Å². The molecule has 140 valence electrons. The summed E-state index contributed by atoms with van der Waals surface area (Å²) in [6.07, 6.45) is 1.66. The van der Waals surface area contributed by atoms with Crippen LogP contribution in [0.3, 0.4) is 0 Å². The molecule has 1 amide bonds. The van der Waals surface area contributed by atoms with Crippen molar-refractivity contribution in [2.45, 2.75) is 24.3 Å². The van der Waals surface area contributed by atoms with E-state index in [1.807, 2.05) is 40.7 Å². The number of likely N-dealkylation sites (N-methyl/N-ethyl adjacent to an activating group) is 1. The number of methoxy groups -OCH3 is 1. The van der Waals surface area contributed by atoms with Gasteiger partial charge in [-0.2, -0.15) is 0 Å². The van der Waals surface area contributed by atoms with Crippen molar-refractivity contribution in [3.63, 3.8) is 0 Å². The average Bonchev–Trinajstić information content (AvgIpc) is 3.15. The van der Waals surface area contributed by atoms with Crippen molar-refractivity contribution in [3.8, 4) is 11.4 Å². The Balaban J connectivity index is 1.67. The Morgan fingerprint density at radius 2 is 2.08 bits per heavy atom. The molecule has 26 heavy (non-hydrogen) atoms. The molecule has 7 nitrogen and oxygen atoms in total. The maximum atomic E-state index is 12.8. The van der Waals surface area contributed by atoms with Crippen molar-refractivity contribution >= 4 is 17.7 Å². The predicted molar refractivity (Wildman–Crippen MR) is 102 cm³/mol. The highest BCUT2D eigenvalue weighted by Gasteiger charge is 2.26. The van der Waals surface area contributed by atoms with E-state index in [1.165, 1.54) is 11.8 Å². The number of hydrogen-bond donors (Lipinski definition) is 0. The molecule has 1 atom stereocenters. The van der Waals surface area contributed by atoms with Gasteiger partial charge in [0, 0.05) is 32.2 Å². The minimum atomic E-state index is -0.211. The van der Waals surface area contributed by atoms with E-state index in [9.17, 15) is 4.79 Å². The van der Waals surface area contributed by atoms with E-state index in [0.717, 1.165) is 44.2 Å². The van der Waals surface area contributed by atoms with E-state index < -0.39 is 0 Å². The number of nitrogens with zero attached hydrogens (tertiary/aromatic N) is 5. The van der Waals surface area contributed by atoms with Crippen LogP contribution in [0.15, 0.2) is 35.7 Å². The van der Waals surface area contributed by atoms with Crippen LogP contribution in [-0.2, 0) is 4.79 Å². The van der Waals surface area contributed by atoms with Gasteiger partial charge in [0.25, 0.3) is 0 Å². The van der Waals surface area contributed by atoms with E-state index in [4.69, 9.17) is 4.74 Å². The van der Waals surface area contributed by atoms with E-state index >= 15 is 0 Å². The van der Waals surface area contributed by atoms with Gasteiger partial charge in [-0.15, -0.1) is 10.2 Å². The number of carbonyl (C=O) groups excluding carboxylic acids is 1. The molecule has 8 heteroatoms. The van der Waals surface area contributed by atoms with Crippen molar-refractivity contribution in [2.75, 3.05) is 39.8 Å². The second kappa shape index (κ2) is 8.55. The number of piperazine rings is 1. The van der Waals surface area contributed by atoms with Gasteiger partial charge in [0.15, 0.2) is 5.16 Å². The van der Waals surface area contributed by atoms with E-state index in [1.54, 1.807) is 13.4 Å². The molecule has 0 radical (unpaired) electrons. The quantitative estimate of drug-likeness (QED) is 0.719. The molecule has 0 bridgehead atoms. The summed E-state index contributed by atoms with van der Waals surface area (Å²) < 4.78 is 7.16. The topological polar surface area (TPSA) is 63.5 Å². The molecule has 1 saturated heterocycles. The second-order valence-corrected chi connectivity index (χ2v) is 7.51. The smallest absolute Gasteiger partial charge is 0.235 e. The van der Waals surface area contributed by atoms with Gasteiger partial charge >= 0.3 is 0 Å². The normalized spacial score (nSPS) is 16.5. The lowest BCUT2D eigenvalue weighted by Crippen LogP contribution is -2.50. The predicted octanol–water partition coefficient (Wildman–Crippen LogP) is 1.92. The van der Waals surface area contributed by atoms with Gasteiger partial charge in [0.05, 0.1) is 18.0 Å². The Hall–Kier alpha value is -2.06. The Labute approximate surface area is 158 Å². The summed E-state index contributed by atoms with van der Waals surface area (Å²) in [4.78, 5) is 17.1. The highest BCUT2D eigenvalue weighted by Crippen LogP contribution is 2.26. The minimum absolute atomic E-state index is 0.158. The van der Waals surface area contributed by atoms with Gasteiger partial charge in [-0.3, -0.25) is 9.36 Å². The molecule has 2 aromatic rings. The third-order valence-electron chi connectivity index (χ3n) is 4.61. The van der Waals surface area contributed by atoms with Gasteiger partial charge in [-0.1, -0.05) is 24.8 Å². The van der Waals surface area contributed by atoms with E-state index in [2.05, 4.69) is 22.0 Å². The highest BCUT2D eigenvalue weighted by molar-refractivity contribution is 8.00. The molecule has 0 spiro atoms. The lowest BCUT2D eigenvalue weighted by Gasteiger charge is -2.35. The zero-order chi connectivity index (χ0) is 18.5. The number of hydrogen-bond acceptors (Lipinski definition) is 6. The first-order valence-electron chi connectivity index (χ1n) is 8.84. The summed E-state index contributed by atoms with van der Waals surface area (Å²) in [7, 11) is 1.64. The van der Waals surface area contributed by atoms with Crippen molar-refractivity contribution < 1.29 is 9.53 Å². The van der Waals surface area contributed by atoms with Gasteiger partial charge in [0.1, 0.15) is 12.1 Å². The van der Waals surface area contributed by atoms with Crippen LogP contribution in [0, 0.1) is 0 Å². The van der Waals surface area contributed by atoms with Gasteiger partial charge in [-0.05, 0) is 25.6 Å². The van der Waals surface area contributed by atoms with Gasteiger partial charge < -0.3 is 14.5 Å². The first-order valence-corrected chi connectivity index (χ1v) is 9.72. The summed E-state index contributed by atoms with van der Waals surface area (Å²) in [5.74, 6) is 0.927. The van der Waals surface area contributed by atoms with Crippen LogP contribution in [0.1, 0.15) is 13.8 Å². The third-order valence-corrected chi connectivity index (χ3v) is 5.65. The zero-order valence-electron chi connectivity index (χ0n) is 15.5. The van der Waals surface area contributed by atoms with Crippen molar-refractivity contribution in [1.82, 2.24) is 24.6 Å². The molecule has 0 N–H and O–H groups in total. The van der Waals surface area contributed by atoms with Crippen molar-refractivity contribution in [3.05, 3.63) is 30.6 Å². The molecule has 1 aliphatic rings. The molecule has 0 saturated carbocycles. The second-order valence-electron chi connectivity index (χ2n) is 6.20. The fourth-order valence-electron chi connectivity index (χ4n) is 2.99.